The van der Waals surface area contributed by atoms with Crippen molar-refractivity contribution in [2.45, 2.75) is 38.5 Å². The number of rotatable bonds is 0. The minimum Gasteiger partial charge on any atom is -0.306 e. The summed E-state index contributed by atoms with van der Waals surface area (Å²) in [5, 5.41) is 0. The number of piperidine rings is 2. The number of hydrogen-bond donors (Lipinski definition) is 0. The fraction of sp³-hybridized carbons (Fsp3) is 1.00. The van der Waals surface area contributed by atoms with Gasteiger partial charge in [-0.05, 0) is 71.1 Å². The van der Waals surface area contributed by atoms with Gasteiger partial charge in [0.1, 0.15) is 0 Å². The Morgan fingerprint density at radius 2 is 1.31 bits per heavy atom. The predicted molar refractivity (Wildman–Crippen MR) is 69.7 cm³/mol. The molecule has 3 rings (SSSR count). The summed E-state index contributed by atoms with van der Waals surface area (Å²) in [5.74, 6) is 2.13. The summed E-state index contributed by atoms with van der Waals surface area (Å²) in [6.07, 6.45) is 8.83. The quantitative estimate of drug-likeness (QED) is 0.623. The maximum atomic E-state index is 2.49. The molecule has 2 saturated heterocycles. The molecular formula is C14H28N2. The highest BCUT2D eigenvalue weighted by atomic mass is 15.1. The zero-order valence-electron chi connectivity index (χ0n) is 11.1. The zero-order valence-corrected chi connectivity index (χ0v) is 11.1. The predicted octanol–water partition coefficient (Wildman–Crippen LogP) is 2.45. The molecule has 0 aromatic heterocycles. The van der Waals surface area contributed by atoms with Gasteiger partial charge in [-0.1, -0.05) is 6.42 Å². The second kappa shape index (κ2) is 6.02. The van der Waals surface area contributed by atoms with Gasteiger partial charge >= 0.3 is 0 Å². The monoisotopic (exact) mass is 224 g/mol. The molecule has 0 N–H and O–H groups in total. The van der Waals surface area contributed by atoms with Gasteiger partial charge in [-0.3, -0.25) is 0 Å². The van der Waals surface area contributed by atoms with Crippen LogP contribution < -0.4 is 0 Å². The SMILES string of the molecule is CN1CC2CCC(C2)C1.CN1CCCCC1. The summed E-state index contributed by atoms with van der Waals surface area (Å²) in [4.78, 5) is 4.88. The Hall–Kier alpha value is -0.0800. The van der Waals surface area contributed by atoms with E-state index in [0.29, 0.717) is 0 Å². The zero-order chi connectivity index (χ0) is 11.4. The number of nitrogens with zero attached hydrogens (tertiary/aromatic N) is 2. The molecule has 0 aromatic rings. The van der Waals surface area contributed by atoms with E-state index in [9.17, 15) is 0 Å². The molecule has 3 fully saturated rings. The maximum absolute atomic E-state index is 2.49. The van der Waals surface area contributed by atoms with Crippen LogP contribution in [0.3, 0.4) is 0 Å². The van der Waals surface area contributed by atoms with Gasteiger partial charge in [0.25, 0.3) is 0 Å². The van der Waals surface area contributed by atoms with Crippen molar-refractivity contribution in [1.82, 2.24) is 9.80 Å². The minimum atomic E-state index is 1.06. The summed E-state index contributed by atoms with van der Waals surface area (Å²) in [6, 6.07) is 0. The van der Waals surface area contributed by atoms with Gasteiger partial charge in [-0.2, -0.15) is 0 Å². The van der Waals surface area contributed by atoms with Crippen LogP contribution in [0.25, 0.3) is 0 Å². The molecule has 16 heavy (non-hydrogen) atoms. The number of fused-ring (bicyclic) bond motifs is 2. The van der Waals surface area contributed by atoms with Gasteiger partial charge < -0.3 is 9.80 Å². The molecule has 0 spiro atoms. The Bertz CT molecular complexity index is 187. The molecular weight excluding hydrogens is 196 g/mol. The van der Waals surface area contributed by atoms with Crippen LogP contribution in [0, 0.1) is 11.8 Å². The number of likely N-dealkylation sites (tertiary alicyclic amines) is 2. The largest absolute Gasteiger partial charge is 0.306 e. The Morgan fingerprint density at radius 1 is 0.750 bits per heavy atom. The Kier molecular flexibility index (Phi) is 4.66. The topological polar surface area (TPSA) is 6.48 Å². The van der Waals surface area contributed by atoms with Crippen LogP contribution in [0.5, 0.6) is 0 Å². The Labute approximate surface area is 101 Å². The average molecular weight is 224 g/mol. The van der Waals surface area contributed by atoms with Crippen molar-refractivity contribution < 1.29 is 0 Å². The fourth-order valence-electron chi connectivity index (χ4n) is 3.52. The summed E-state index contributed by atoms with van der Waals surface area (Å²) in [6.45, 7) is 5.38. The van der Waals surface area contributed by atoms with Crippen molar-refractivity contribution in [2.75, 3.05) is 40.3 Å². The first-order chi connectivity index (χ1) is 7.74. The highest BCUT2D eigenvalue weighted by Crippen LogP contribution is 2.35. The maximum Gasteiger partial charge on any atom is 0.000683 e. The van der Waals surface area contributed by atoms with Gasteiger partial charge in [-0.25, -0.2) is 0 Å². The second-order valence-electron chi connectivity index (χ2n) is 6.13. The highest BCUT2D eigenvalue weighted by molar-refractivity contribution is 4.83. The molecule has 94 valence electrons. The van der Waals surface area contributed by atoms with Crippen LogP contribution in [0.2, 0.25) is 0 Å². The molecule has 2 unspecified atom stereocenters. The summed E-state index contributed by atoms with van der Waals surface area (Å²) in [5.41, 5.74) is 0. The molecule has 2 heteroatoms. The van der Waals surface area contributed by atoms with E-state index in [1.807, 2.05) is 0 Å². The van der Waals surface area contributed by atoms with Crippen LogP contribution in [0.4, 0.5) is 0 Å². The van der Waals surface area contributed by atoms with Gasteiger partial charge in [0.05, 0.1) is 0 Å². The third kappa shape index (κ3) is 3.74. The smallest absolute Gasteiger partial charge is 0.000683 e. The van der Waals surface area contributed by atoms with E-state index in [0.717, 1.165) is 11.8 Å². The van der Waals surface area contributed by atoms with Gasteiger partial charge in [0, 0.05) is 13.1 Å². The molecule has 2 nitrogen and oxygen atoms in total. The van der Waals surface area contributed by atoms with Crippen LogP contribution in [0.1, 0.15) is 38.5 Å². The second-order valence-corrected chi connectivity index (χ2v) is 6.13. The van der Waals surface area contributed by atoms with Crippen molar-refractivity contribution in [2.24, 2.45) is 11.8 Å². The van der Waals surface area contributed by atoms with Gasteiger partial charge in [0.2, 0.25) is 0 Å². The average Bonchev–Trinajstić information content (AvgIpc) is 2.60. The lowest BCUT2D eigenvalue weighted by Crippen LogP contribution is -2.32. The van der Waals surface area contributed by atoms with Crippen LogP contribution in [-0.4, -0.2) is 50.1 Å². The van der Waals surface area contributed by atoms with E-state index >= 15 is 0 Å². The molecule has 0 aromatic carbocycles. The first-order valence-electron chi connectivity index (χ1n) is 7.11. The van der Waals surface area contributed by atoms with Crippen molar-refractivity contribution >= 4 is 0 Å². The van der Waals surface area contributed by atoms with Crippen molar-refractivity contribution in [1.29, 1.82) is 0 Å². The van der Waals surface area contributed by atoms with Crippen LogP contribution in [-0.2, 0) is 0 Å². The fourth-order valence-corrected chi connectivity index (χ4v) is 3.52. The summed E-state index contributed by atoms with van der Waals surface area (Å²) >= 11 is 0. The molecule has 2 atom stereocenters. The van der Waals surface area contributed by atoms with Crippen LogP contribution in [0.15, 0.2) is 0 Å². The highest BCUT2D eigenvalue weighted by Gasteiger charge is 2.30. The summed E-state index contributed by atoms with van der Waals surface area (Å²) in [7, 11) is 4.45. The molecule has 3 aliphatic rings. The minimum absolute atomic E-state index is 1.06. The van der Waals surface area contributed by atoms with E-state index in [-0.39, 0.29) is 0 Å². The third-order valence-corrected chi connectivity index (χ3v) is 4.37. The normalized spacial score (nSPS) is 35.6. The molecule has 1 aliphatic carbocycles. The molecule has 1 saturated carbocycles. The van der Waals surface area contributed by atoms with Gasteiger partial charge in [-0.15, -0.1) is 0 Å². The molecule has 2 bridgehead atoms. The van der Waals surface area contributed by atoms with E-state index in [1.165, 1.54) is 64.7 Å². The van der Waals surface area contributed by atoms with E-state index in [2.05, 4.69) is 23.9 Å². The van der Waals surface area contributed by atoms with E-state index in [1.54, 1.807) is 0 Å². The molecule has 2 aliphatic heterocycles. The van der Waals surface area contributed by atoms with Crippen molar-refractivity contribution in [3.05, 3.63) is 0 Å². The van der Waals surface area contributed by atoms with Crippen molar-refractivity contribution in [3.63, 3.8) is 0 Å². The number of hydrogen-bond acceptors (Lipinski definition) is 2. The van der Waals surface area contributed by atoms with Crippen LogP contribution >= 0.6 is 0 Å². The Balaban J connectivity index is 0.000000125. The molecule has 0 radical (unpaired) electrons. The van der Waals surface area contributed by atoms with Crippen molar-refractivity contribution in [3.8, 4) is 0 Å². The first kappa shape index (κ1) is 12.4. The lowest BCUT2D eigenvalue weighted by atomic mass is 10.00. The lowest BCUT2D eigenvalue weighted by molar-refractivity contribution is 0.203. The van der Waals surface area contributed by atoms with E-state index in [4.69, 9.17) is 0 Å². The standard InChI is InChI=1S/C8H15N.C6H13N/c1-9-5-7-2-3-8(4-7)6-9;1-7-5-3-2-4-6-7/h7-8H,2-6H2,1H3;2-6H2,1H3. The first-order valence-corrected chi connectivity index (χ1v) is 7.11. The Morgan fingerprint density at radius 3 is 1.75 bits per heavy atom. The molecule has 0 amide bonds. The van der Waals surface area contributed by atoms with E-state index < -0.39 is 0 Å². The summed E-state index contributed by atoms with van der Waals surface area (Å²) < 4.78 is 0. The van der Waals surface area contributed by atoms with Gasteiger partial charge in [0.15, 0.2) is 0 Å². The lowest BCUT2D eigenvalue weighted by Gasteiger charge is -2.27. The molecule has 2 heterocycles. The third-order valence-electron chi connectivity index (χ3n) is 4.37.